The first kappa shape index (κ1) is 15.4. The van der Waals surface area contributed by atoms with Gasteiger partial charge in [-0.3, -0.25) is 0 Å². The Kier molecular flexibility index (Phi) is 5.41. The molecule has 0 fully saturated rings. The number of hydrogen-bond donors (Lipinski definition) is 0. The van der Waals surface area contributed by atoms with E-state index in [1.807, 2.05) is 13.8 Å². The van der Waals surface area contributed by atoms with E-state index >= 15 is 0 Å². The molecule has 0 aromatic rings. The molecule has 94 valence electrons. The Morgan fingerprint density at radius 1 is 0.688 bits per heavy atom. The van der Waals surface area contributed by atoms with E-state index < -0.39 is 16.6 Å². The van der Waals surface area contributed by atoms with E-state index in [0.717, 1.165) is 11.4 Å². The monoisotopic (exact) mass is 260 g/mol. The van der Waals surface area contributed by atoms with Crippen molar-refractivity contribution in [3.05, 3.63) is 0 Å². The van der Waals surface area contributed by atoms with Crippen LogP contribution in [0.4, 0.5) is 0 Å². The van der Waals surface area contributed by atoms with E-state index in [1.54, 1.807) is 0 Å². The van der Waals surface area contributed by atoms with E-state index in [0.29, 0.717) is 0 Å². The summed E-state index contributed by atoms with van der Waals surface area (Å²) in [7, 11) is -3.20. The van der Waals surface area contributed by atoms with Crippen molar-refractivity contribution in [2.45, 2.75) is 53.1 Å². The van der Waals surface area contributed by atoms with Crippen LogP contribution in [-0.2, 0) is 9.05 Å². The summed E-state index contributed by atoms with van der Waals surface area (Å²) in [4.78, 5) is 0. The maximum Gasteiger partial charge on any atom is 0.278 e. The second-order valence-electron chi connectivity index (χ2n) is 5.76. The van der Waals surface area contributed by atoms with Crippen LogP contribution in [0.15, 0.2) is 10.3 Å². The van der Waals surface area contributed by atoms with E-state index in [9.17, 15) is 0 Å². The Morgan fingerprint density at radius 2 is 0.938 bits per heavy atom. The molecule has 0 aliphatic carbocycles. The summed E-state index contributed by atoms with van der Waals surface area (Å²) in [5, 5.41) is 8.16. The predicted molar refractivity (Wildman–Crippen MR) is 75.1 cm³/mol. The molecule has 0 atom stereocenters. The van der Waals surface area contributed by atoms with Crippen molar-refractivity contribution in [1.29, 1.82) is 0 Å². The van der Waals surface area contributed by atoms with Crippen molar-refractivity contribution in [2.24, 2.45) is 10.3 Å². The zero-order valence-electron chi connectivity index (χ0n) is 11.7. The summed E-state index contributed by atoms with van der Waals surface area (Å²) >= 11 is 0. The molecule has 0 unspecified atom stereocenters. The first-order chi connectivity index (χ1) is 7.01. The van der Waals surface area contributed by atoms with Gasteiger partial charge in [0.25, 0.3) is 16.6 Å². The van der Waals surface area contributed by atoms with Gasteiger partial charge in [-0.25, -0.2) is 0 Å². The second kappa shape index (κ2) is 5.63. The average Bonchev–Trinajstić information content (AvgIpc) is 2.07. The molecule has 16 heavy (non-hydrogen) atoms. The number of nitrogens with zero attached hydrogens (tertiary/aromatic N) is 2. The number of oxime groups is 2. The van der Waals surface area contributed by atoms with E-state index in [-0.39, 0.29) is 0 Å². The molecule has 0 amide bonds. The van der Waals surface area contributed by atoms with Crippen molar-refractivity contribution in [1.82, 2.24) is 0 Å². The molecule has 0 saturated carbocycles. The highest BCUT2D eigenvalue weighted by atomic mass is 28.4. The van der Waals surface area contributed by atoms with Crippen LogP contribution < -0.4 is 0 Å². The van der Waals surface area contributed by atoms with Crippen LogP contribution in [0.2, 0.25) is 39.3 Å². The van der Waals surface area contributed by atoms with Gasteiger partial charge < -0.3 is 9.05 Å². The third kappa shape index (κ3) is 8.66. The quantitative estimate of drug-likeness (QED) is 0.432. The van der Waals surface area contributed by atoms with Gasteiger partial charge in [-0.15, -0.1) is 10.3 Å². The largest absolute Gasteiger partial charge is 0.455 e. The Hall–Kier alpha value is -0.626. The molecule has 0 spiro atoms. The molecule has 0 radical (unpaired) electrons. The van der Waals surface area contributed by atoms with Crippen LogP contribution in [0, 0.1) is 0 Å². The van der Waals surface area contributed by atoms with Gasteiger partial charge in [0.2, 0.25) is 0 Å². The highest BCUT2D eigenvalue weighted by Crippen LogP contribution is 2.05. The van der Waals surface area contributed by atoms with Gasteiger partial charge in [0.1, 0.15) is 0 Å². The van der Waals surface area contributed by atoms with Gasteiger partial charge >= 0.3 is 0 Å². The lowest BCUT2D eigenvalue weighted by Gasteiger charge is -2.15. The lowest BCUT2D eigenvalue weighted by Crippen LogP contribution is -2.25. The smallest absolute Gasteiger partial charge is 0.278 e. The van der Waals surface area contributed by atoms with Crippen molar-refractivity contribution < 1.29 is 9.05 Å². The molecular weight excluding hydrogens is 236 g/mol. The summed E-state index contributed by atoms with van der Waals surface area (Å²) in [5.41, 5.74) is 1.56. The summed E-state index contributed by atoms with van der Waals surface area (Å²) in [5.74, 6) is 0. The summed E-state index contributed by atoms with van der Waals surface area (Å²) in [6.07, 6.45) is 0. The third-order valence-electron chi connectivity index (χ3n) is 1.44. The summed E-state index contributed by atoms with van der Waals surface area (Å²) in [6.45, 7) is 16.3. The maximum absolute atomic E-state index is 5.45. The van der Waals surface area contributed by atoms with Crippen molar-refractivity contribution in [2.75, 3.05) is 0 Å². The fourth-order valence-corrected chi connectivity index (χ4v) is 1.36. The van der Waals surface area contributed by atoms with Crippen molar-refractivity contribution in [3.63, 3.8) is 0 Å². The molecule has 0 aliphatic heterocycles. The molecule has 0 rings (SSSR count). The summed E-state index contributed by atoms with van der Waals surface area (Å²) in [6, 6.07) is 0. The van der Waals surface area contributed by atoms with Crippen molar-refractivity contribution >= 4 is 28.1 Å². The molecule has 4 nitrogen and oxygen atoms in total. The molecule has 6 heteroatoms. The first-order valence-corrected chi connectivity index (χ1v) is 12.3. The molecule has 0 bridgehead atoms. The topological polar surface area (TPSA) is 43.2 Å². The highest BCUT2D eigenvalue weighted by Gasteiger charge is 2.17. The fraction of sp³-hybridized carbons (Fsp3) is 0.800. The van der Waals surface area contributed by atoms with Crippen LogP contribution in [0.25, 0.3) is 0 Å². The minimum Gasteiger partial charge on any atom is -0.455 e. The normalized spacial score (nSPS) is 15.0. The van der Waals surface area contributed by atoms with Crippen LogP contribution in [-0.4, -0.2) is 28.1 Å². The Balaban J connectivity index is 4.44. The second-order valence-corrected chi connectivity index (χ2v) is 14.6. The van der Waals surface area contributed by atoms with Gasteiger partial charge in [0.05, 0.1) is 11.4 Å². The number of hydrogen-bond acceptors (Lipinski definition) is 4. The minimum atomic E-state index is -1.60. The highest BCUT2D eigenvalue weighted by molar-refractivity contribution is 6.70. The molecule has 0 saturated heterocycles. The molecule has 0 heterocycles. The molecule has 0 aromatic heterocycles. The lowest BCUT2D eigenvalue weighted by atomic mass is 10.3. The predicted octanol–water partition coefficient (Wildman–Crippen LogP) is 3.44. The zero-order chi connectivity index (χ0) is 13.0. The lowest BCUT2D eigenvalue weighted by molar-refractivity contribution is 0.330. The maximum atomic E-state index is 5.45. The first-order valence-electron chi connectivity index (χ1n) is 5.47. The number of rotatable bonds is 5. The molecule has 0 N–H and O–H groups in total. The van der Waals surface area contributed by atoms with Crippen LogP contribution >= 0.6 is 0 Å². The van der Waals surface area contributed by atoms with E-state index in [2.05, 4.69) is 49.6 Å². The van der Waals surface area contributed by atoms with Gasteiger partial charge in [-0.05, 0) is 53.1 Å². The molecule has 0 aliphatic rings. The SMILES string of the molecule is CC(=N/O[Si](C)(C)C)/C(C)=N/O[Si](C)(C)C. The minimum absolute atomic E-state index is 0.778. The van der Waals surface area contributed by atoms with E-state index in [1.165, 1.54) is 0 Å². The average molecular weight is 260 g/mol. The van der Waals surface area contributed by atoms with Gasteiger partial charge in [0, 0.05) is 0 Å². The van der Waals surface area contributed by atoms with Gasteiger partial charge in [0.15, 0.2) is 0 Å². The van der Waals surface area contributed by atoms with E-state index in [4.69, 9.17) is 9.05 Å². The molecular formula is C10H24N2O2Si2. The standard InChI is InChI=1S/C10H24N2O2Si2/c1-9(11-13-15(3,4)5)10(2)12-14-16(6,7)8/h1-8H3/b11-9-,12-10+. The van der Waals surface area contributed by atoms with Crippen molar-refractivity contribution in [3.8, 4) is 0 Å². The van der Waals surface area contributed by atoms with Gasteiger partial charge in [-0.2, -0.15) is 0 Å². The Bertz CT molecular complexity index is 258. The van der Waals surface area contributed by atoms with Crippen LogP contribution in [0.3, 0.4) is 0 Å². The zero-order valence-corrected chi connectivity index (χ0v) is 13.7. The molecule has 0 aromatic carbocycles. The third-order valence-corrected chi connectivity index (χ3v) is 2.71. The van der Waals surface area contributed by atoms with Crippen LogP contribution in [0.5, 0.6) is 0 Å². The Labute approximate surface area is 101 Å². The fourth-order valence-electron chi connectivity index (χ4n) is 0.543. The Morgan fingerprint density at radius 3 is 1.12 bits per heavy atom. The van der Waals surface area contributed by atoms with Gasteiger partial charge in [-0.1, -0.05) is 0 Å². The van der Waals surface area contributed by atoms with Crippen LogP contribution in [0.1, 0.15) is 13.8 Å². The summed E-state index contributed by atoms with van der Waals surface area (Å²) < 4.78 is 10.9.